The van der Waals surface area contributed by atoms with Gasteiger partial charge in [0.15, 0.2) is 0 Å². The van der Waals surface area contributed by atoms with Crippen LogP contribution in [0.1, 0.15) is 13.8 Å². The molecule has 1 heterocycles. The van der Waals surface area contributed by atoms with Gasteiger partial charge in [0.2, 0.25) is 0 Å². The van der Waals surface area contributed by atoms with Crippen LogP contribution in [0.3, 0.4) is 0 Å². The second-order valence-electron chi connectivity index (χ2n) is 1.91. The number of aliphatic imine (C=N–C) groups is 1. The van der Waals surface area contributed by atoms with E-state index in [0.717, 1.165) is 11.4 Å². The molecular formula is C10H16N2. The molecule has 0 aliphatic carbocycles. The molecule has 1 N–H and O–H groups in total. The maximum Gasteiger partial charge on any atom is 0.132 e. The monoisotopic (exact) mass is 164 g/mol. The summed E-state index contributed by atoms with van der Waals surface area (Å²) in [6, 6.07) is 0. The normalized spacial score (nSPS) is 20.2. The molecule has 1 aliphatic heterocycles. The topological polar surface area (TPSA) is 24.4 Å². The highest BCUT2D eigenvalue weighted by molar-refractivity contribution is 6.03. The molecule has 0 radical (unpaired) electrons. The Hall–Kier alpha value is -1.31. The lowest BCUT2D eigenvalue weighted by Gasteiger charge is -1.95. The molecule has 66 valence electrons. The average Bonchev–Trinajstić information content (AvgIpc) is 2.56. The minimum atomic E-state index is 0.903. The molecule has 1 rings (SSSR count). The molecule has 0 bridgehead atoms. The Morgan fingerprint density at radius 1 is 1.50 bits per heavy atom. The molecule has 2 nitrogen and oxygen atoms in total. The Kier molecular flexibility index (Phi) is 5.70. The van der Waals surface area contributed by atoms with E-state index in [9.17, 15) is 0 Å². The smallest absolute Gasteiger partial charge is 0.132 e. The molecule has 0 amide bonds. The highest BCUT2D eigenvalue weighted by atomic mass is 15.0. The number of hydrogen-bond acceptors (Lipinski definition) is 1. The molecule has 0 atom stereocenters. The van der Waals surface area contributed by atoms with Crippen LogP contribution in [0.25, 0.3) is 0 Å². The largest absolute Gasteiger partial charge is 0.346 e. The summed E-state index contributed by atoms with van der Waals surface area (Å²) in [5.74, 6) is 0.903. The van der Waals surface area contributed by atoms with Crippen LogP contribution >= 0.6 is 0 Å². The van der Waals surface area contributed by atoms with E-state index in [1.807, 2.05) is 32.2 Å². The Morgan fingerprint density at radius 3 is 2.67 bits per heavy atom. The van der Waals surface area contributed by atoms with Crippen molar-refractivity contribution in [2.45, 2.75) is 13.8 Å². The zero-order chi connectivity index (χ0) is 9.40. The Labute approximate surface area is 74.4 Å². The van der Waals surface area contributed by atoms with Gasteiger partial charge in [-0.05, 0) is 6.08 Å². The number of rotatable bonds is 1. The molecule has 0 spiro atoms. The lowest BCUT2D eigenvalue weighted by atomic mass is 10.2. The van der Waals surface area contributed by atoms with Crippen LogP contribution in [-0.4, -0.2) is 12.9 Å². The van der Waals surface area contributed by atoms with E-state index in [0.29, 0.717) is 0 Å². The van der Waals surface area contributed by atoms with Crippen LogP contribution in [0.4, 0.5) is 0 Å². The second-order valence-corrected chi connectivity index (χ2v) is 1.91. The van der Waals surface area contributed by atoms with Gasteiger partial charge in [0, 0.05) is 18.8 Å². The van der Waals surface area contributed by atoms with Crippen molar-refractivity contribution < 1.29 is 0 Å². The fraction of sp³-hybridized carbons (Fsp3) is 0.300. The van der Waals surface area contributed by atoms with Crippen LogP contribution in [0.2, 0.25) is 0 Å². The van der Waals surface area contributed by atoms with E-state index >= 15 is 0 Å². The van der Waals surface area contributed by atoms with Gasteiger partial charge in [0.05, 0.1) is 0 Å². The van der Waals surface area contributed by atoms with Crippen LogP contribution < -0.4 is 5.32 Å². The summed E-state index contributed by atoms with van der Waals surface area (Å²) in [7, 11) is 1.76. The van der Waals surface area contributed by atoms with Crippen molar-refractivity contribution in [3.63, 3.8) is 0 Å². The summed E-state index contributed by atoms with van der Waals surface area (Å²) in [5, 5.41) is 2.99. The van der Waals surface area contributed by atoms with E-state index in [4.69, 9.17) is 0 Å². The number of allylic oxidation sites excluding steroid dienone is 2. The van der Waals surface area contributed by atoms with E-state index in [2.05, 4.69) is 16.9 Å². The van der Waals surface area contributed by atoms with Gasteiger partial charge in [0.25, 0.3) is 0 Å². The van der Waals surface area contributed by atoms with Gasteiger partial charge < -0.3 is 5.32 Å². The fourth-order valence-electron chi connectivity index (χ4n) is 0.828. The van der Waals surface area contributed by atoms with Crippen molar-refractivity contribution in [3.8, 4) is 0 Å². The summed E-state index contributed by atoms with van der Waals surface area (Å²) in [4.78, 5) is 4.01. The second kappa shape index (κ2) is 6.40. The molecule has 0 aromatic rings. The minimum absolute atomic E-state index is 0.903. The van der Waals surface area contributed by atoms with Gasteiger partial charge in [-0.2, -0.15) is 0 Å². The van der Waals surface area contributed by atoms with Crippen molar-refractivity contribution in [3.05, 3.63) is 36.6 Å². The van der Waals surface area contributed by atoms with Gasteiger partial charge in [0.1, 0.15) is 5.84 Å². The molecule has 0 unspecified atom stereocenters. The van der Waals surface area contributed by atoms with Crippen molar-refractivity contribution in [2.75, 3.05) is 7.05 Å². The van der Waals surface area contributed by atoms with E-state index in [-0.39, 0.29) is 0 Å². The van der Waals surface area contributed by atoms with Crippen molar-refractivity contribution in [2.24, 2.45) is 4.99 Å². The molecule has 1 aliphatic rings. The van der Waals surface area contributed by atoms with Gasteiger partial charge in [-0.3, -0.25) is 4.99 Å². The Bertz CT molecular complexity index is 222. The Balaban J connectivity index is 0.000000561. The first-order valence-electron chi connectivity index (χ1n) is 4.11. The highest BCUT2D eigenvalue weighted by Crippen LogP contribution is 2.04. The van der Waals surface area contributed by atoms with Gasteiger partial charge in [-0.15, -0.1) is 0 Å². The predicted molar refractivity (Wildman–Crippen MR) is 55.3 cm³/mol. The third-order valence-electron chi connectivity index (χ3n) is 1.28. The fourth-order valence-corrected chi connectivity index (χ4v) is 0.828. The molecular weight excluding hydrogens is 148 g/mol. The standard InChI is InChI=1S/C8H10N2.C2H6/c1-3-4-7-5-6-10-8(7)9-2;1-2/h3-6H,1H2,2H3,(H,9,10);1-2H3/b7-4-;. The average molecular weight is 164 g/mol. The molecule has 0 aromatic carbocycles. The van der Waals surface area contributed by atoms with Gasteiger partial charge in [-0.1, -0.05) is 32.6 Å². The maximum atomic E-state index is 4.01. The maximum absolute atomic E-state index is 4.01. The highest BCUT2D eigenvalue weighted by Gasteiger charge is 2.04. The zero-order valence-electron chi connectivity index (χ0n) is 7.96. The van der Waals surface area contributed by atoms with Crippen molar-refractivity contribution in [1.82, 2.24) is 5.32 Å². The number of nitrogens with one attached hydrogen (secondary N) is 1. The SMILES string of the molecule is C=C/C=C1/C=CNC1=NC.CC. The van der Waals surface area contributed by atoms with Crippen molar-refractivity contribution >= 4 is 5.84 Å². The lowest BCUT2D eigenvalue weighted by molar-refractivity contribution is 1.27. The number of amidine groups is 1. The minimum Gasteiger partial charge on any atom is -0.346 e. The third-order valence-corrected chi connectivity index (χ3v) is 1.28. The van der Waals surface area contributed by atoms with E-state index in [1.54, 1.807) is 13.1 Å². The molecule has 12 heavy (non-hydrogen) atoms. The number of nitrogens with zero attached hydrogens (tertiary/aromatic N) is 1. The first-order chi connectivity index (χ1) is 5.88. The summed E-state index contributed by atoms with van der Waals surface area (Å²) >= 11 is 0. The third kappa shape index (κ3) is 2.74. The van der Waals surface area contributed by atoms with Gasteiger partial charge in [-0.25, -0.2) is 0 Å². The lowest BCUT2D eigenvalue weighted by Crippen LogP contribution is -2.12. The summed E-state index contributed by atoms with van der Waals surface area (Å²) in [6.45, 7) is 7.60. The van der Waals surface area contributed by atoms with Gasteiger partial charge >= 0.3 is 0 Å². The van der Waals surface area contributed by atoms with Crippen molar-refractivity contribution in [1.29, 1.82) is 0 Å². The summed E-state index contributed by atoms with van der Waals surface area (Å²) in [6.07, 6.45) is 7.48. The zero-order valence-corrected chi connectivity index (χ0v) is 7.96. The Morgan fingerprint density at radius 2 is 2.17 bits per heavy atom. The predicted octanol–water partition coefficient (Wildman–Crippen LogP) is 2.27. The van der Waals surface area contributed by atoms with E-state index in [1.165, 1.54) is 0 Å². The number of hydrogen-bond donors (Lipinski definition) is 1. The molecule has 0 fully saturated rings. The van der Waals surface area contributed by atoms with Crippen LogP contribution in [0, 0.1) is 0 Å². The van der Waals surface area contributed by atoms with Crippen LogP contribution in [-0.2, 0) is 0 Å². The first-order valence-corrected chi connectivity index (χ1v) is 4.11. The van der Waals surface area contributed by atoms with Crippen LogP contribution in [0.5, 0.6) is 0 Å². The quantitative estimate of drug-likeness (QED) is 0.631. The first kappa shape index (κ1) is 10.7. The van der Waals surface area contributed by atoms with E-state index < -0.39 is 0 Å². The molecule has 0 saturated heterocycles. The van der Waals surface area contributed by atoms with Crippen LogP contribution in [0.15, 0.2) is 41.6 Å². The molecule has 0 saturated carbocycles. The molecule has 2 heteroatoms. The summed E-state index contributed by atoms with van der Waals surface area (Å²) in [5.41, 5.74) is 1.08. The summed E-state index contributed by atoms with van der Waals surface area (Å²) < 4.78 is 0. The molecule has 0 aromatic heterocycles.